The molecule has 0 aliphatic rings. The second kappa shape index (κ2) is 5.48. The molecule has 0 saturated heterocycles. The standard InChI is InChI=1S/C12H10F2N2O2S/c1-6(12(17)18-2)19-11-5-15-9-3-7(13)8(14)4-10(9)16-11/h3-6H,1-2H3/t6-/m0/s1. The summed E-state index contributed by atoms with van der Waals surface area (Å²) in [6.07, 6.45) is 1.41. The molecule has 100 valence electrons. The molecule has 0 fully saturated rings. The van der Waals surface area contributed by atoms with Gasteiger partial charge in [-0.05, 0) is 6.92 Å². The SMILES string of the molecule is COC(=O)[C@H](C)Sc1cnc2cc(F)c(F)cc2n1. The number of rotatable bonds is 3. The smallest absolute Gasteiger partial charge is 0.318 e. The number of carbonyl (C=O) groups excluding carboxylic acids is 1. The molecule has 0 spiro atoms. The monoisotopic (exact) mass is 284 g/mol. The number of halogens is 2. The quantitative estimate of drug-likeness (QED) is 0.640. The van der Waals surface area contributed by atoms with Crippen molar-refractivity contribution < 1.29 is 18.3 Å². The van der Waals surface area contributed by atoms with Crippen molar-refractivity contribution in [3.05, 3.63) is 30.0 Å². The maximum absolute atomic E-state index is 13.1. The lowest BCUT2D eigenvalue weighted by molar-refractivity contribution is -0.139. The van der Waals surface area contributed by atoms with Crippen LogP contribution in [-0.4, -0.2) is 28.3 Å². The molecular weight excluding hydrogens is 274 g/mol. The Morgan fingerprint density at radius 2 is 1.95 bits per heavy atom. The van der Waals surface area contributed by atoms with Gasteiger partial charge in [0.2, 0.25) is 0 Å². The number of hydrogen-bond donors (Lipinski definition) is 0. The maximum Gasteiger partial charge on any atom is 0.318 e. The van der Waals surface area contributed by atoms with Gasteiger partial charge in [-0.1, -0.05) is 11.8 Å². The van der Waals surface area contributed by atoms with Crippen molar-refractivity contribution >= 4 is 28.8 Å². The highest BCUT2D eigenvalue weighted by Crippen LogP contribution is 2.24. The molecule has 0 radical (unpaired) electrons. The molecule has 0 saturated carbocycles. The predicted octanol–water partition coefficient (Wildman–Crippen LogP) is 2.56. The van der Waals surface area contributed by atoms with E-state index in [-0.39, 0.29) is 11.0 Å². The van der Waals surface area contributed by atoms with Crippen LogP contribution in [0.15, 0.2) is 23.4 Å². The fourth-order valence-corrected chi connectivity index (χ4v) is 2.26. The van der Waals surface area contributed by atoms with Crippen LogP contribution in [-0.2, 0) is 9.53 Å². The van der Waals surface area contributed by atoms with E-state index in [2.05, 4.69) is 14.7 Å². The van der Waals surface area contributed by atoms with Gasteiger partial charge in [0.05, 0.1) is 24.3 Å². The predicted molar refractivity (Wildman–Crippen MR) is 66.8 cm³/mol. The molecule has 0 aliphatic carbocycles. The number of aromatic nitrogens is 2. The number of ether oxygens (including phenoxy) is 1. The average molecular weight is 284 g/mol. The molecule has 1 aromatic heterocycles. The number of fused-ring (bicyclic) bond motifs is 1. The maximum atomic E-state index is 13.1. The molecule has 0 bridgehead atoms. The molecule has 1 heterocycles. The Balaban J connectivity index is 2.31. The van der Waals surface area contributed by atoms with Gasteiger partial charge in [0.25, 0.3) is 0 Å². The number of carbonyl (C=O) groups is 1. The largest absolute Gasteiger partial charge is 0.468 e. The normalized spacial score (nSPS) is 12.4. The lowest BCUT2D eigenvalue weighted by Gasteiger charge is -2.08. The van der Waals surface area contributed by atoms with Gasteiger partial charge in [0, 0.05) is 12.1 Å². The first-order valence-corrected chi connectivity index (χ1v) is 6.25. The van der Waals surface area contributed by atoms with Gasteiger partial charge in [-0.15, -0.1) is 0 Å². The summed E-state index contributed by atoms with van der Waals surface area (Å²) in [5.74, 6) is -2.34. The Bertz CT molecular complexity index is 636. The van der Waals surface area contributed by atoms with Crippen molar-refractivity contribution in [1.29, 1.82) is 0 Å². The van der Waals surface area contributed by atoms with Crippen molar-refractivity contribution in [2.45, 2.75) is 17.2 Å². The minimum atomic E-state index is -0.982. The third-order valence-corrected chi connectivity index (χ3v) is 3.38. The van der Waals surface area contributed by atoms with Gasteiger partial charge in [0.1, 0.15) is 10.3 Å². The van der Waals surface area contributed by atoms with Crippen molar-refractivity contribution in [1.82, 2.24) is 9.97 Å². The van der Waals surface area contributed by atoms with Crippen molar-refractivity contribution in [3.63, 3.8) is 0 Å². The van der Waals surface area contributed by atoms with Crippen LogP contribution in [0.1, 0.15) is 6.92 Å². The summed E-state index contributed by atoms with van der Waals surface area (Å²) in [5.41, 5.74) is 0.495. The number of hydrogen-bond acceptors (Lipinski definition) is 5. The average Bonchev–Trinajstić information content (AvgIpc) is 2.39. The molecule has 0 amide bonds. The van der Waals surface area contributed by atoms with Crippen molar-refractivity contribution in [2.75, 3.05) is 7.11 Å². The second-order valence-electron chi connectivity index (χ2n) is 3.75. The Morgan fingerprint density at radius 1 is 1.32 bits per heavy atom. The third-order valence-electron chi connectivity index (χ3n) is 2.39. The van der Waals surface area contributed by atoms with Crippen LogP contribution in [0, 0.1) is 11.6 Å². The van der Waals surface area contributed by atoms with Crippen molar-refractivity contribution in [2.24, 2.45) is 0 Å². The first-order chi connectivity index (χ1) is 9.01. The van der Waals surface area contributed by atoms with Gasteiger partial charge in [-0.25, -0.2) is 13.8 Å². The van der Waals surface area contributed by atoms with Gasteiger partial charge in [-0.2, -0.15) is 0 Å². The molecule has 0 aliphatic heterocycles. The molecule has 4 nitrogen and oxygen atoms in total. The zero-order valence-corrected chi connectivity index (χ0v) is 11.0. The first-order valence-electron chi connectivity index (χ1n) is 5.37. The molecule has 0 N–H and O–H groups in total. The van der Waals surface area contributed by atoms with Crippen LogP contribution in [0.4, 0.5) is 8.78 Å². The number of thioether (sulfide) groups is 1. The highest BCUT2D eigenvalue weighted by molar-refractivity contribution is 8.00. The van der Waals surface area contributed by atoms with Crippen LogP contribution < -0.4 is 0 Å². The van der Waals surface area contributed by atoms with Crippen molar-refractivity contribution in [3.8, 4) is 0 Å². The van der Waals surface area contributed by atoms with E-state index in [1.807, 2.05) is 0 Å². The van der Waals surface area contributed by atoms with Crippen LogP contribution in [0.3, 0.4) is 0 Å². The summed E-state index contributed by atoms with van der Waals surface area (Å²) in [7, 11) is 1.30. The summed E-state index contributed by atoms with van der Waals surface area (Å²) in [4.78, 5) is 19.4. The summed E-state index contributed by atoms with van der Waals surface area (Å²) in [6, 6.07) is 1.96. The van der Waals surface area contributed by atoms with E-state index in [0.29, 0.717) is 5.03 Å². The number of methoxy groups -OCH3 is 1. The molecule has 1 aromatic carbocycles. The minimum Gasteiger partial charge on any atom is -0.468 e. The molecule has 7 heteroatoms. The van der Waals surface area contributed by atoms with Gasteiger partial charge in [0.15, 0.2) is 11.6 Å². The Hall–Kier alpha value is -1.76. The molecule has 19 heavy (non-hydrogen) atoms. The van der Waals surface area contributed by atoms with E-state index >= 15 is 0 Å². The van der Waals surface area contributed by atoms with Crippen LogP contribution >= 0.6 is 11.8 Å². The molecule has 0 unspecified atom stereocenters. The fraction of sp³-hybridized carbons (Fsp3) is 0.250. The minimum absolute atomic E-state index is 0.237. The molecular formula is C12H10F2N2O2S. The van der Waals surface area contributed by atoms with E-state index in [1.54, 1.807) is 6.92 Å². The zero-order valence-electron chi connectivity index (χ0n) is 10.2. The Labute approximate surface area is 112 Å². The number of esters is 1. The van der Waals surface area contributed by atoms with E-state index in [0.717, 1.165) is 23.9 Å². The molecule has 2 aromatic rings. The summed E-state index contributed by atoms with van der Waals surface area (Å²) in [5, 5.41) is -0.0153. The molecule has 1 atom stereocenters. The van der Waals surface area contributed by atoms with E-state index in [4.69, 9.17) is 0 Å². The highest BCUT2D eigenvalue weighted by Gasteiger charge is 2.16. The van der Waals surface area contributed by atoms with E-state index < -0.39 is 22.9 Å². The van der Waals surface area contributed by atoms with Gasteiger partial charge >= 0.3 is 5.97 Å². The molecule has 2 rings (SSSR count). The van der Waals surface area contributed by atoms with Crippen LogP contribution in [0.2, 0.25) is 0 Å². The highest BCUT2D eigenvalue weighted by atomic mass is 32.2. The first kappa shape index (κ1) is 13.7. The second-order valence-corrected chi connectivity index (χ2v) is 5.11. The lowest BCUT2D eigenvalue weighted by atomic mass is 10.3. The van der Waals surface area contributed by atoms with Gasteiger partial charge < -0.3 is 4.74 Å². The van der Waals surface area contributed by atoms with E-state index in [9.17, 15) is 13.6 Å². The topological polar surface area (TPSA) is 52.1 Å². The van der Waals surface area contributed by atoms with Crippen LogP contribution in [0.25, 0.3) is 11.0 Å². The summed E-state index contributed by atoms with van der Waals surface area (Å²) in [6.45, 7) is 1.66. The summed E-state index contributed by atoms with van der Waals surface area (Å²) >= 11 is 1.14. The fourth-order valence-electron chi connectivity index (χ4n) is 1.44. The zero-order chi connectivity index (χ0) is 14.0. The number of nitrogens with zero attached hydrogens (tertiary/aromatic N) is 2. The third kappa shape index (κ3) is 2.98. The number of benzene rings is 1. The van der Waals surface area contributed by atoms with E-state index in [1.165, 1.54) is 13.3 Å². The lowest BCUT2D eigenvalue weighted by Crippen LogP contribution is -2.14. The van der Waals surface area contributed by atoms with Crippen LogP contribution in [0.5, 0.6) is 0 Å². The Kier molecular flexibility index (Phi) is 3.94. The van der Waals surface area contributed by atoms with Gasteiger partial charge in [-0.3, -0.25) is 9.78 Å². The summed E-state index contributed by atoms with van der Waals surface area (Å²) < 4.78 is 30.7. The Morgan fingerprint density at radius 3 is 2.58 bits per heavy atom.